The minimum absolute atomic E-state index is 0.214. The van der Waals surface area contributed by atoms with Gasteiger partial charge in [-0.25, -0.2) is 0 Å². The van der Waals surface area contributed by atoms with Crippen molar-refractivity contribution in [3.8, 4) is 0 Å². The van der Waals surface area contributed by atoms with Crippen molar-refractivity contribution in [3.05, 3.63) is 35.9 Å². The van der Waals surface area contributed by atoms with Gasteiger partial charge in [-0.3, -0.25) is 4.79 Å². The second-order valence-corrected chi connectivity index (χ2v) is 6.55. The summed E-state index contributed by atoms with van der Waals surface area (Å²) in [6.07, 6.45) is 7.95. The van der Waals surface area contributed by atoms with Gasteiger partial charge in [-0.05, 0) is 37.8 Å². The van der Waals surface area contributed by atoms with E-state index in [1.54, 1.807) is 0 Å². The Morgan fingerprint density at radius 3 is 2.52 bits per heavy atom. The van der Waals surface area contributed by atoms with E-state index in [0.717, 1.165) is 38.8 Å². The summed E-state index contributed by atoms with van der Waals surface area (Å²) in [6, 6.07) is 10.5. The lowest BCUT2D eigenvalue weighted by Crippen LogP contribution is -2.56. The fourth-order valence-corrected chi connectivity index (χ4v) is 3.79. The van der Waals surface area contributed by atoms with E-state index in [4.69, 9.17) is 0 Å². The Labute approximate surface area is 127 Å². The van der Waals surface area contributed by atoms with Crippen molar-refractivity contribution >= 4 is 5.91 Å². The number of rotatable bonds is 3. The SMILES string of the molecule is O=C(N[C@]1(c2ccccc2)CCCNC1)C1CCCCC1. The Morgan fingerprint density at radius 1 is 1.10 bits per heavy atom. The van der Waals surface area contributed by atoms with Gasteiger partial charge in [0.25, 0.3) is 0 Å². The molecule has 1 aromatic rings. The van der Waals surface area contributed by atoms with Crippen LogP contribution in [0, 0.1) is 5.92 Å². The minimum atomic E-state index is -0.214. The molecule has 3 rings (SSSR count). The predicted octanol–water partition coefficient (Wildman–Crippen LogP) is 2.96. The van der Waals surface area contributed by atoms with Crippen LogP contribution in [-0.4, -0.2) is 19.0 Å². The molecule has 0 unspecified atom stereocenters. The second-order valence-electron chi connectivity index (χ2n) is 6.55. The fraction of sp³-hybridized carbons (Fsp3) is 0.611. The van der Waals surface area contributed by atoms with Crippen LogP contribution >= 0.6 is 0 Å². The molecule has 0 aromatic heterocycles. The Bertz CT molecular complexity index is 459. The predicted molar refractivity (Wildman–Crippen MR) is 84.9 cm³/mol. The molecule has 1 saturated heterocycles. The van der Waals surface area contributed by atoms with Crippen LogP contribution in [0.15, 0.2) is 30.3 Å². The molecule has 114 valence electrons. The van der Waals surface area contributed by atoms with Crippen LogP contribution in [0.4, 0.5) is 0 Å². The maximum absolute atomic E-state index is 12.7. The summed E-state index contributed by atoms with van der Waals surface area (Å²) < 4.78 is 0. The zero-order valence-corrected chi connectivity index (χ0v) is 12.7. The molecule has 2 aliphatic rings. The van der Waals surface area contributed by atoms with Crippen LogP contribution in [0.25, 0.3) is 0 Å². The van der Waals surface area contributed by atoms with Gasteiger partial charge in [0.2, 0.25) is 5.91 Å². The van der Waals surface area contributed by atoms with E-state index in [9.17, 15) is 4.79 Å². The molecular formula is C18H26N2O. The average Bonchev–Trinajstić information content (AvgIpc) is 2.57. The van der Waals surface area contributed by atoms with Gasteiger partial charge in [-0.1, -0.05) is 49.6 Å². The molecular weight excluding hydrogens is 260 g/mol. The average molecular weight is 286 g/mol. The number of nitrogens with one attached hydrogen (secondary N) is 2. The van der Waals surface area contributed by atoms with Crippen LogP contribution < -0.4 is 10.6 Å². The van der Waals surface area contributed by atoms with Crippen LogP contribution in [0.3, 0.4) is 0 Å². The molecule has 0 spiro atoms. The van der Waals surface area contributed by atoms with Gasteiger partial charge in [0.05, 0.1) is 5.54 Å². The topological polar surface area (TPSA) is 41.1 Å². The number of carbonyl (C=O) groups excluding carboxylic acids is 1. The number of hydrogen-bond acceptors (Lipinski definition) is 2. The lowest BCUT2D eigenvalue weighted by atomic mass is 9.81. The standard InChI is InChI=1S/C18H26N2O/c21-17(15-8-3-1-4-9-15)20-18(12-7-13-19-14-18)16-10-5-2-6-11-16/h2,5-6,10-11,15,19H,1,3-4,7-9,12-14H2,(H,20,21)/t18-/m1/s1. The van der Waals surface area contributed by atoms with Crippen molar-refractivity contribution in [2.75, 3.05) is 13.1 Å². The summed E-state index contributed by atoms with van der Waals surface area (Å²) in [5, 5.41) is 6.88. The van der Waals surface area contributed by atoms with Gasteiger partial charge in [0.1, 0.15) is 0 Å². The molecule has 2 fully saturated rings. The number of amides is 1. The minimum Gasteiger partial charge on any atom is -0.345 e. The van der Waals surface area contributed by atoms with Gasteiger partial charge >= 0.3 is 0 Å². The lowest BCUT2D eigenvalue weighted by Gasteiger charge is -2.40. The molecule has 1 saturated carbocycles. The molecule has 1 atom stereocenters. The normalized spacial score (nSPS) is 27.2. The quantitative estimate of drug-likeness (QED) is 0.897. The molecule has 1 amide bonds. The molecule has 1 aliphatic carbocycles. The van der Waals surface area contributed by atoms with Crippen molar-refractivity contribution < 1.29 is 4.79 Å². The number of carbonyl (C=O) groups is 1. The van der Waals surface area contributed by atoms with E-state index >= 15 is 0 Å². The van der Waals surface area contributed by atoms with Crippen molar-refractivity contribution in [2.45, 2.75) is 50.5 Å². The molecule has 3 nitrogen and oxygen atoms in total. The molecule has 1 heterocycles. The molecule has 1 aromatic carbocycles. The number of piperidine rings is 1. The van der Waals surface area contributed by atoms with E-state index < -0.39 is 0 Å². The van der Waals surface area contributed by atoms with E-state index in [2.05, 4.69) is 34.9 Å². The van der Waals surface area contributed by atoms with Crippen molar-refractivity contribution in [1.29, 1.82) is 0 Å². The molecule has 2 N–H and O–H groups in total. The van der Waals surface area contributed by atoms with Gasteiger partial charge in [0.15, 0.2) is 0 Å². The maximum Gasteiger partial charge on any atom is 0.223 e. The highest BCUT2D eigenvalue weighted by Crippen LogP contribution is 2.31. The Kier molecular flexibility index (Phi) is 4.59. The summed E-state index contributed by atoms with van der Waals surface area (Å²) >= 11 is 0. The largest absolute Gasteiger partial charge is 0.345 e. The van der Waals surface area contributed by atoms with Gasteiger partial charge in [-0.2, -0.15) is 0 Å². The third kappa shape index (κ3) is 3.29. The zero-order valence-electron chi connectivity index (χ0n) is 12.7. The third-order valence-corrected chi connectivity index (χ3v) is 5.05. The molecule has 3 heteroatoms. The Balaban J connectivity index is 1.77. The second kappa shape index (κ2) is 6.61. The highest BCUT2D eigenvalue weighted by atomic mass is 16.2. The van der Waals surface area contributed by atoms with E-state index in [1.165, 1.54) is 24.8 Å². The van der Waals surface area contributed by atoms with Crippen LogP contribution in [-0.2, 0) is 10.3 Å². The maximum atomic E-state index is 12.7. The van der Waals surface area contributed by atoms with Gasteiger partial charge in [-0.15, -0.1) is 0 Å². The Morgan fingerprint density at radius 2 is 1.86 bits per heavy atom. The summed E-state index contributed by atoms with van der Waals surface area (Å²) in [7, 11) is 0. The van der Waals surface area contributed by atoms with Crippen molar-refractivity contribution in [2.24, 2.45) is 5.92 Å². The lowest BCUT2D eigenvalue weighted by molar-refractivity contribution is -0.128. The monoisotopic (exact) mass is 286 g/mol. The Hall–Kier alpha value is -1.35. The summed E-state index contributed by atoms with van der Waals surface area (Å²) in [5.74, 6) is 0.489. The first-order valence-corrected chi connectivity index (χ1v) is 8.38. The fourth-order valence-electron chi connectivity index (χ4n) is 3.79. The first-order chi connectivity index (χ1) is 10.3. The first kappa shape index (κ1) is 14.6. The van der Waals surface area contributed by atoms with E-state index in [0.29, 0.717) is 0 Å². The third-order valence-electron chi connectivity index (χ3n) is 5.05. The van der Waals surface area contributed by atoms with Gasteiger partial charge < -0.3 is 10.6 Å². The molecule has 21 heavy (non-hydrogen) atoms. The first-order valence-electron chi connectivity index (χ1n) is 8.38. The van der Waals surface area contributed by atoms with Crippen LogP contribution in [0.2, 0.25) is 0 Å². The smallest absolute Gasteiger partial charge is 0.223 e. The zero-order chi connectivity index (χ0) is 14.5. The summed E-state index contributed by atoms with van der Waals surface area (Å²) in [5.41, 5.74) is 1.02. The van der Waals surface area contributed by atoms with E-state index in [1.807, 2.05) is 6.07 Å². The van der Waals surface area contributed by atoms with Crippen molar-refractivity contribution in [1.82, 2.24) is 10.6 Å². The highest BCUT2D eigenvalue weighted by Gasteiger charge is 2.37. The summed E-state index contributed by atoms with van der Waals surface area (Å²) in [4.78, 5) is 12.7. The molecule has 0 bridgehead atoms. The van der Waals surface area contributed by atoms with Crippen molar-refractivity contribution in [3.63, 3.8) is 0 Å². The number of hydrogen-bond donors (Lipinski definition) is 2. The van der Waals surface area contributed by atoms with Gasteiger partial charge in [0, 0.05) is 12.5 Å². The highest BCUT2D eigenvalue weighted by molar-refractivity contribution is 5.79. The molecule has 0 radical (unpaired) electrons. The van der Waals surface area contributed by atoms with Crippen LogP contribution in [0.5, 0.6) is 0 Å². The number of benzene rings is 1. The molecule has 1 aliphatic heterocycles. The van der Waals surface area contributed by atoms with Crippen LogP contribution in [0.1, 0.15) is 50.5 Å². The summed E-state index contributed by atoms with van der Waals surface area (Å²) in [6.45, 7) is 1.89. The van der Waals surface area contributed by atoms with E-state index in [-0.39, 0.29) is 17.4 Å².